The summed E-state index contributed by atoms with van der Waals surface area (Å²) >= 11 is 7.89. The van der Waals surface area contributed by atoms with Crippen LogP contribution in [0.1, 0.15) is 6.92 Å². The molecule has 3 amide bonds. The first-order chi connectivity index (χ1) is 10.5. The Bertz CT molecular complexity index is 726. The van der Waals surface area contributed by atoms with Crippen LogP contribution in [0, 0.1) is 3.95 Å². The van der Waals surface area contributed by atoms with Crippen LogP contribution in [0.4, 0.5) is 4.79 Å². The number of imide groups is 1. The molecule has 22 heavy (non-hydrogen) atoms. The Hall–Kier alpha value is -1.71. The van der Waals surface area contributed by atoms with Gasteiger partial charge in [0.25, 0.3) is 0 Å². The minimum Gasteiger partial charge on any atom is -0.341 e. The Morgan fingerprint density at radius 3 is 2.68 bits per heavy atom. The topological polar surface area (TPSA) is 76.0 Å². The number of amides is 3. The normalized spacial score (nSPS) is 11.7. The van der Waals surface area contributed by atoms with Crippen molar-refractivity contribution in [1.82, 2.24) is 20.4 Å². The molecule has 0 aliphatic heterocycles. The van der Waals surface area contributed by atoms with Gasteiger partial charge in [-0.25, -0.2) is 9.48 Å². The zero-order valence-electron chi connectivity index (χ0n) is 11.9. The van der Waals surface area contributed by atoms with Gasteiger partial charge in [-0.15, -0.1) is 5.10 Å². The number of carbonyl (C=O) groups excluding carboxylic acids is 2. The average Bonchev–Trinajstić information content (AvgIpc) is 2.88. The van der Waals surface area contributed by atoms with Crippen LogP contribution in [0.5, 0.6) is 0 Å². The molecular formula is C13H14N4O2S3. The third-order valence-corrected chi connectivity index (χ3v) is 5.06. The molecule has 9 heteroatoms. The molecule has 0 fully saturated rings. The third kappa shape index (κ3) is 4.15. The fourth-order valence-corrected chi connectivity index (χ4v) is 4.03. The summed E-state index contributed by atoms with van der Waals surface area (Å²) < 4.78 is 2.94. The van der Waals surface area contributed by atoms with Gasteiger partial charge in [0.05, 0.1) is 10.9 Å². The molecule has 0 unspecified atom stereocenters. The minimum absolute atomic E-state index is 0.378. The number of rotatable bonds is 4. The van der Waals surface area contributed by atoms with Crippen LogP contribution in [0.2, 0.25) is 0 Å². The smallest absolute Gasteiger partial charge is 0.321 e. The molecule has 0 saturated carbocycles. The molecule has 0 radical (unpaired) electrons. The van der Waals surface area contributed by atoms with Gasteiger partial charge in [-0.1, -0.05) is 41.3 Å². The fourth-order valence-electron chi connectivity index (χ4n) is 1.52. The number of thioether (sulfide) groups is 1. The molecular weight excluding hydrogens is 340 g/mol. The van der Waals surface area contributed by atoms with Crippen molar-refractivity contribution in [3.63, 3.8) is 0 Å². The number of hydrogen-bond acceptors (Lipinski definition) is 6. The zero-order valence-corrected chi connectivity index (χ0v) is 14.3. The van der Waals surface area contributed by atoms with Gasteiger partial charge in [0.2, 0.25) is 5.91 Å². The van der Waals surface area contributed by atoms with Gasteiger partial charge in [-0.3, -0.25) is 10.1 Å². The van der Waals surface area contributed by atoms with Crippen LogP contribution >= 0.6 is 35.3 Å². The summed E-state index contributed by atoms with van der Waals surface area (Å²) in [4.78, 5) is 23.0. The Morgan fingerprint density at radius 1 is 1.36 bits per heavy atom. The number of para-hydroxylation sites is 1. The Labute approximate surface area is 140 Å². The number of hydrogen-bond donors (Lipinski definition) is 2. The van der Waals surface area contributed by atoms with Crippen molar-refractivity contribution in [1.29, 1.82) is 0 Å². The highest BCUT2D eigenvalue weighted by Crippen LogP contribution is 2.27. The molecule has 0 aliphatic rings. The second-order valence-electron chi connectivity index (χ2n) is 4.21. The predicted octanol–water partition coefficient (Wildman–Crippen LogP) is 2.60. The van der Waals surface area contributed by atoms with Crippen molar-refractivity contribution >= 4 is 47.3 Å². The van der Waals surface area contributed by atoms with Crippen molar-refractivity contribution in [2.45, 2.75) is 16.5 Å². The van der Waals surface area contributed by atoms with Crippen LogP contribution in [-0.2, 0) is 4.79 Å². The molecule has 1 aromatic carbocycles. The van der Waals surface area contributed by atoms with Crippen molar-refractivity contribution in [3.05, 3.63) is 34.3 Å². The molecule has 6 nitrogen and oxygen atoms in total. The minimum atomic E-state index is -0.528. The van der Waals surface area contributed by atoms with Gasteiger partial charge in [0, 0.05) is 7.05 Å². The van der Waals surface area contributed by atoms with E-state index in [9.17, 15) is 9.59 Å². The number of aromatic nitrogens is 2. The Kier molecular flexibility index (Phi) is 5.69. The first-order valence-electron chi connectivity index (χ1n) is 6.36. The van der Waals surface area contributed by atoms with Gasteiger partial charge in [0.1, 0.15) is 0 Å². The van der Waals surface area contributed by atoms with E-state index in [1.165, 1.54) is 30.1 Å². The first-order valence-corrected chi connectivity index (χ1v) is 8.46. The molecule has 0 saturated heterocycles. The van der Waals surface area contributed by atoms with E-state index in [0.29, 0.717) is 8.29 Å². The lowest BCUT2D eigenvalue weighted by atomic mass is 10.3. The van der Waals surface area contributed by atoms with E-state index in [1.807, 2.05) is 30.3 Å². The van der Waals surface area contributed by atoms with Crippen LogP contribution < -0.4 is 10.6 Å². The molecule has 1 aromatic heterocycles. The summed E-state index contributed by atoms with van der Waals surface area (Å²) in [6, 6.07) is 9.02. The molecule has 1 heterocycles. The number of nitrogens with one attached hydrogen (secondary N) is 2. The van der Waals surface area contributed by atoms with Gasteiger partial charge >= 0.3 is 6.03 Å². The maximum atomic E-state index is 11.8. The van der Waals surface area contributed by atoms with Gasteiger partial charge in [-0.05, 0) is 31.3 Å². The van der Waals surface area contributed by atoms with Crippen LogP contribution in [0.25, 0.3) is 5.69 Å². The second kappa shape index (κ2) is 7.52. The van der Waals surface area contributed by atoms with E-state index in [4.69, 9.17) is 12.2 Å². The van der Waals surface area contributed by atoms with E-state index in [0.717, 1.165) is 5.69 Å². The third-order valence-electron chi connectivity index (χ3n) is 2.64. The van der Waals surface area contributed by atoms with Crippen LogP contribution in [0.15, 0.2) is 34.7 Å². The highest BCUT2D eigenvalue weighted by atomic mass is 32.2. The zero-order chi connectivity index (χ0) is 16.1. The Morgan fingerprint density at radius 2 is 2.05 bits per heavy atom. The van der Waals surface area contributed by atoms with E-state index < -0.39 is 11.3 Å². The molecule has 1 atom stereocenters. The highest BCUT2D eigenvalue weighted by molar-refractivity contribution is 8.02. The molecule has 2 N–H and O–H groups in total. The summed E-state index contributed by atoms with van der Waals surface area (Å²) in [6.45, 7) is 1.71. The lowest BCUT2D eigenvalue weighted by molar-refractivity contribution is -0.119. The quantitative estimate of drug-likeness (QED) is 0.652. The monoisotopic (exact) mass is 354 g/mol. The molecule has 0 bridgehead atoms. The van der Waals surface area contributed by atoms with Crippen LogP contribution in [-0.4, -0.2) is 34.0 Å². The fraction of sp³-hybridized carbons (Fsp3) is 0.231. The summed E-state index contributed by atoms with van der Waals surface area (Å²) in [5.74, 6) is -0.378. The SMILES string of the molecule is CNC(=O)NC(=O)[C@@H](C)Sc1nn(-c2ccccc2)c(=S)s1. The lowest BCUT2D eigenvalue weighted by Gasteiger charge is -2.08. The second-order valence-corrected chi connectivity index (χ2v) is 7.42. The molecule has 0 aliphatic carbocycles. The summed E-state index contributed by atoms with van der Waals surface area (Å²) in [5.41, 5.74) is 0.873. The number of carbonyl (C=O) groups is 2. The van der Waals surface area contributed by atoms with Gasteiger partial charge in [-0.2, -0.15) is 0 Å². The Balaban J connectivity index is 2.10. The number of benzene rings is 1. The summed E-state index contributed by atoms with van der Waals surface area (Å²) in [7, 11) is 1.45. The average molecular weight is 354 g/mol. The van der Waals surface area contributed by atoms with E-state index >= 15 is 0 Å². The number of urea groups is 1. The van der Waals surface area contributed by atoms with E-state index in [2.05, 4.69) is 15.7 Å². The van der Waals surface area contributed by atoms with E-state index in [-0.39, 0.29) is 5.91 Å². The highest BCUT2D eigenvalue weighted by Gasteiger charge is 2.19. The summed E-state index contributed by atoms with van der Waals surface area (Å²) in [6.07, 6.45) is 0. The largest absolute Gasteiger partial charge is 0.341 e. The maximum Gasteiger partial charge on any atom is 0.321 e. The van der Waals surface area contributed by atoms with Crippen LogP contribution in [0.3, 0.4) is 0 Å². The van der Waals surface area contributed by atoms with Crippen molar-refractivity contribution in [3.8, 4) is 5.69 Å². The summed E-state index contributed by atoms with van der Waals surface area (Å²) in [5, 5.41) is 8.53. The standard InChI is InChI=1S/C13H14N4O2S3/c1-8(10(18)15-11(19)14-2)21-12-16-17(13(20)22-12)9-6-4-3-5-7-9/h3-8H,1-2H3,(H2,14,15,18,19)/t8-/m1/s1. The molecule has 2 rings (SSSR count). The molecule has 0 spiro atoms. The predicted molar refractivity (Wildman–Crippen MR) is 90.2 cm³/mol. The maximum absolute atomic E-state index is 11.8. The first kappa shape index (κ1) is 16.7. The van der Waals surface area contributed by atoms with Gasteiger partial charge < -0.3 is 5.32 Å². The van der Waals surface area contributed by atoms with Crippen molar-refractivity contribution < 1.29 is 9.59 Å². The van der Waals surface area contributed by atoms with E-state index in [1.54, 1.807) is 11.6 Å². The van der Waals surface area contributed by atoms with Crippen molar-refractivity contribution in [2.75, 3.05) is 7.05 Å². The number of nitrogens with zero attached hydrogens (tertiary/aromatic N) is 2. The van der Waals surface area contributed by atoms with Crippen molar-refractivity contribution in [2.24, 2.45) is 0 Å². The molecule has 116 valence electrons. The van der Waals surface area contributed by atoms with Gasteiger partial charge in [0.15, 0.2) is 8.29 Å². The lowest BCUT2D eigenvalue weighted by Crippen LogP contribution is -2.41. The molecule has 2 aromatic rings.